The maximum absolute atomic E-state index is 2.37. The van der Waals surface area contributed by atoms with Crippen molar-refractivity contribution in [3.8, 4) is 0 Å². The fraction of sp³-hybridized carbons (Fsp3) is 0.304. The van der Waals surface area contributed by atoms with Crippen LogP contribution in [0.25, 0.3) is 0 Å². The molecule has 0 amide bonds. The first-order valence-electron chi connectivity index (χ1n) is 9.52. The van der Waals surface area contributed by atoms with E-state index in [1.54, 1.807) is 24.8 Å². The van der Waals surface area contributed by atoms with Gasteiger partial charge in [0.05, 0.1) is 0 Å². The summed E-state index contributed by atoms with van der Waals surface area (Å²) in [5.41, 5.74) is 3.49. The van der Waals surface area contributed by atoms with Gasteiger partial charge in [-0.3, -0.25) is 0 Å². The standard InChI is InChI=1S/C23H27Si.2ClH.Hf/c1-3-11-19-17-18-23(22(19)12-4-2)24(20-13-7-5-8-14-20)21-15-9-6-10-16-21;;;/h5-10,13-16,24H,3-4,11-12,18H2,1-2H3;2*1H;/q;;;+2/p-2. The number of hydrogen-bond donors (Lipinski definition) is 0. The van der Waals surface area contributed by atoms with Crippen molar-refractivity contribution >= 4 is 19.2 Å². The number of allylic oxidation sites excluding steroid dienone is 4. The van der Waals surface area contributed by atoms with E-state index in [1.807, 2.05) is 5.20 Å². The minimum absolute atomic E-state index is 0. The second kappa shape index (κ2) is 12.2. The van der Waals surface area contributed by atoms with Gasteiger partial charge in [0.2, 0.25) is 0 Å². The zero-order valence-electron chi connectivity index (χ0n) is 16.1. The van der Waals surface area contributed by atoms with Gasteiger partial charge in [-0.1, -0.05) is 0 Å². The van der Waals surface area contributed by atoms with E-state index in [1.165, 1.54) is 56.5 Å². The normalized spacial score (nSPS) is 13.7. The Morgan fingerprint density at radius 2 is 1.19 bits per heavy atom. The van der Waals surface area contributed by atoms with Crippen molar-refractivity contribution in [2.24, 2.45) is 0 Å². The molecule has 0 bridgehead atoms. The van der Waals surface area contributed by atoms with Crippen LogP contribution in [0.5, 0.6) is 0 Å². The zero-order valence-corrected chi connectivity index (χ0v) is 22.4. The van der Waals surface area contributed by atoms with Crippen LogP contribution in [-0.2, 0) is 24.4 Å². The number of benzene rings is 2. The molecule has 0 saturated carbocycles. The van der Waals surface area contributed by atoms with Crippen molar-refractivity contribution in [2.45, 2.75) is 46.0 Å². The van der Waals surface area contributed by atoms with Crippen LogP contribution in [0.15, 0.2) is 80.3 Å². The number of halogens is 2. The Bertz CT molecular complexity index is 730. The molecule has 1 aliphatic rings. The fourth-order valence-corrected chi connectivity index (χ4v) is 9.94. The molecule has 0 aromatic heterocycles. The SMILES string of the molecule is CCCC1=[C]([Hf+2])CC([SiH](c2ccccc2)c2ccccc2)=C1CCC.[Cl-].[Cl-]. The van der Waals surface area contributed by atoms with Crippen LogP contribution < -0.4 is 35.2 Å². The number of hydrogen-bond acceptors (Lipinski definition) is 0. The first-order chi connectivity index (χ1) is 12.3. The quantitative estimate of drug-likeness (QED) is 0.357. The summed E-state index contributed by atoms with van der Waals surface area (Å²) >= 11 is 1.21. The second-order valence-electron chi connectivity index (χ2n) is 6.89. The van der Waals surface area contributed by atoms with E-state index in [4.69, 9.17) is 0 Å². The predicted molar refractivity (Wildman–Crippen MR) is 108 cm³/mol. The van der Waals surface area contributed by atoms with Crippen molar-refractivity contribution in [3.05, 3.63) is 80.3 Å². The van der Waals surface area contributed by atoms with Crippen molar-refractivity contribution in [2.75, 3.05) is 0 Å². The summed E-state index contributed by atoms with van der Waals surface area (Å²) < 4.78 is 1.77. The molecule has 0 heterocycles. The van der Waals surface area contributed by atoms with Crippen LogP contribution in [-0.4, -0.2) is 8.80 Å². The summed E-state index contributed by atoms with van der Waals surface area (Å²) in [6.07, 6.45) is 6.33. The van der Waals surface area contributed by atoms with Gasteiger partial charge in [-0.05, 0) is 0 Å². The predicted octanol–water partition coefficient (Wildman–Crippen LogP) is -1.32. The molecule has 0 saturated heterocycles. The molecule has 141 valence electrons. The summed E-state index contributed by atoms with van der Waals surface area (Å²) in [5, 5.41) is 4.96. The molecule has 1 aliphatic carbocycles. The monoisotopic (exact) mass is 581 g/mol. The Balaban J connectivity index is 0.00000182. The Kier molecular flexibility index (Phi) is 11.1. The van der Waals surface area contributed by atoms with Crippen LogP contribution in [0, 0.1) is 0 Å². The smallest absolute Gasteiger partial charge is 1.00 e. The summed E-state index contributed by atoms with van der Waals surface area (Å²) in [7, 11) is -1.33. The molecule has 0 nitrogen and oxygen atoms in total. The topological polar surface area (TPSA) is 0 Å². The maximum Gasteiger partial charge on any atom is -1.00 e. The molecule has 0 atom stereocenters. The van der Waals surface area contributed by atoms with Gasteiger partial charge < -0.3 is 24.8 Å². The van der Waals surface area contributed by atoms with E-state index in [2.05, 4.69) is 74.5 Å². The van der Waals surface area contributed by atoms with E-state index < -0.39 is 8.80 Å². The van der Waals surface area contributed by atoms with Gasteiger partial charge in [0.25, 0.3) is 0 Å². The van der Waals surface area contributed by atoms with Crippen LogP contribution in [0.1, 0.15) is 46.0 Å². The van der Waals surface area contributed by atoms with E-state index in [-0.39, 0.29) is 24.8 Å². The maximum atomic E-state index is 2.37. The van der Waals surface area contributed by atoms with Crippen molar-refractivity contribution in [1.82, 2.24) is 0 Å². The molecule has 0 radical (unpaired) electrons. The van der Waals surface area contributed by atoms with Crippen LogP contribution in [0.2, 0.25) is 0 Å². The molecule has 2 aromatic carbocycles. The Morgan fingerprint density at radius 3 is 1.63 bits per heavy atom. The van der Waals surface area contributed by atoms with Crippen molar-refractivity contribution < 1.29 is 49.2 Å². The van der Waals surface area contributed by atoms with Crippen molar-refractivity contribution in [1.29, 1.82) is 0 Å². The van der Waals surface area contributed by atoms with Gasteiger partial charge in [-0.25, -0.2) is 0 Å². The van der Waals surface area contributed by atoms with Gasteiger partial charge in [-0.2, -0.15) is 0 Å². The first-order valence-corrected chi connectivity index (χ1v) is 13.0. The average molecular weight is 581 g/mol. The molecule has 27 heavy (non-hydrogen) atoms. The van der Waals surface area contributed by atoms with E-state index in [0.717, 1.165) is 0 Å². The molecule has 2 aromatic rings. The van der Waals surface area contributed by atoms with Crippen LogP contribution in [0.3, 0.4) is 0 Å². The third-order valence-electron chi connectivity index (χ3n) is 5.10. The molecular weight excluding hydrogens is 554 g/mol. The molecular formula is C23H27Cl2HfSi. The molecule has 0 aliphatic heterocycles. The third kappa shape index (κ3) is 5.79. The Morgan fingerprint density at radius 1 is 0.741 bits per heavy atom. The third-order valence-corrected chi connectivity index (χ3v) is 10.2. The largest absolute Gasteiger partial charge is 1.00 e. The first kappa shape index (κ1) is 24.6. The van der Waals surface area contributed by atoms with Crippen LogP contribution in [0.4, 0.5) is 0 Å². The second-order valence-corrected chi connectivity index (χ2v) is 12.0. The van der Waals surface area contributed by atoms with E-state index >= 15 is 0 Å². The minimum Gasteiger partial charge on any atom is -1.00 e. The Hall–Kier alpha value is -0.413. The molecule has 0 N–H and O–H groups in total. The minimum atomic E-state index is -1.33. The van der Waals surface area contributed by atoms with Gasteiger partial charge >= 0.3 is 170 Å². The summed E-state index contributed by atoms with van der Waals surface area (Å²) in [6.45, 7) is 4.66. The molecule has 0 fully saturated rings. The average Bonchev–Trinajstić information content (AvgIpc) is 2.94. The van der Waals surface area contributed by atoms with Crippen molar-refractivity contribution in [3.63, 3.8) is 0 Å². The van der Waals surface area contributed by atoms with Crippen LogP contribution >= 0.6 is 0 Å². The van der Waals surface area contributed by atoms with Gasteiger partial charge in [0, 0.05) is 0 Å². The summed E-state index contributed by atoms with van der Waals surface area (Å²) in [6, 6.07) is 22.6. The van der Waals surface area contributed by atoms with Gasteiger partial charge in [-0.15, -0.1) is 0 Å². The van der Waals surface area contributed by atoms with E-state index in [9.17, 15) is 0 Å². The molecule has 0 spiro atoms. The molecule has 3 rings (SSSR count). The zero-order chi connectivity index (χ0) is 17.6. The summed E-state index contributed by atoms with van der Waals surface area (Å²) in [4.78, 5) is 0. The van der Waals surface area contributed by atoms with E-state index in [0.29, 0.717) is 0 Å². The van der Waals surface area contributed by atoms with Gasteiger partial charge in [0.15, 0.2) is 0 Å². The number of rotatable bonds is 7. The summed E-state index contributed by atoms with van der Waals surface area (Å²) in [5.74, 6) is 0. The molecule has 4 heteroatoms. The molecule has 0 unspecified atom stereocenters. The Labute approximate surface area is 193 Å². The van der Waals surface area contributed by atoms with Gasteiger partial charge in [0.1, 0.15) is 0 Å². The fourth-order valence-electron chi connectivity index (χ4n) is 4.06.